The van der Waals surface area contributed by atoms with E-state index in [0.29, 0.717) is 18.1 Å². The van der Waals surface area contributed by atoms with E-state index in [4.69, 9.17) is 4.98 Å². The van der Waals surface area contributed by atoms with Crippen molar-refractivity contribution in [3.8, 4) is 0 Å². The van der Waals surface area contributed by atoms with Crippen LogP contribution in [0.15, 0.2) is 71.3 Å². The largest absolute Gasteiger partial charge is 0.282 e. The van der Waals surface area contributed by atoms with Gasteiger partial charge in [0.1, 0.15) is 0 Å². The van der Waals surface area contributed by atoms with Crippen LogP contribution in [0.1, 0.15) is 16.8 Å². The third-order valence-electron chi connectivity index (χ3n) is 4.39. The number of carbonyl (C=O) groups is 1. The zero-order valence-electron chi connectivity index (χ0n) is 15.3. The minimum Gasteiger partial charge on any atom is -0.282 e. The minimum absolute atomic E-state index is 0.00706. The first-order valence-electron chi connectivity index (χ1n) is 8.90. The first-order valence-corrected chi connectivity index (χ1v) is 10.5. The van der Waals surface area contributed by atoms with Gasteiger partial charge in [-0.25, -0.2) is 4.98 Å². The van der Waals surface area contributed by atoms with Gasteiger partial charge < -0.3 is 0 Å². The number of halogens is 1. The molecule has 0 spiro atoms. The number of hydrogen-bond donors (Lipinski definition) is 0. The molecular formula is C22H18BrN3OS. The summed E-state index contributed by atoms with van der Waals surface area (Å²) in [5.74, 6) is 0.00706. The number of anilines is 1. The quantitative estimate of drug-likeness (QED) is 0.400. The molecule has 2 heterocycles. The van der Waals surface area contributed by atoms with Gasteiger partial charge in [-0.15, -0.1) is 0 Å². The molecule has 4 aromatic rings. The van der Waals surface area contributed by atoms with Crippen LogP contribution >= 0.6 is 27.3 Å². The number of thiazole rings is 1. The van der Waals surface area contributed by atoms with Crippen LogP contribution in [0.4, 0.5) is 5.13 Å². The minimum atomic E-state index is 0.00706. The number of rotatable bonds is 5. The summed E-state index contributed by atoms with van der Waals surface area (Å²) in [4.78, 5) is 24.0. The van der Waals surface area contributed by atoms with Crippen molar-refractivity contribution in [1.29, 1.82) is 0 Å². The number of aromatic nitrogens is 2. The Kier molecular flexibility index (Phi) is 5.50. The first kappa shape index (κ1) is 18.8. The van der Waals surface area contributed by atoms with Gasteiger partial charge in [0, 0.05) is 10.7 Å². The molecule has 4 nitrogen and oxygen atoms in total. The van der Waals surface area contributed by atoms with Crippen molar-refractivity contribution in [3.05, 3.63) is 88.2 Å². The van der Waals surface area contributed by atoms with Gasteiger partial charge in [0.05, 0.1) is 28.9 Å². The summed E-state index contributed by atoms with van der Waals surface area (Å²) in [6, 6.07) is 19.7. The average Bonchev–Trinajstić information content (AvgIpc) is 3.11. The second kappa shape index (κ2) is 8.20. The third kappa shape index (κ3) is 4.29. The molecule has 1 amide bonds. The Morgan fingerprint density at radius 2 is 1.93 bits per heavy atom. The molecule has 0 saturated carbocycles. The van der Waals surface area contributed by atoms with E-state index in [1.807, 2.05) is 67.6 Å². The van der Waals surface area contributed by atoms with Crippen LogP contribution in [0, 0.1) is 6.92 Å². The number of carbonyl (C=O) groups excluding carboxylic acids is 1. The summed E-state index contributed by atoms with van der Waals surface area (Å²) >= 11 is 5.02. The Morgan fingerprint density at radius 3 is 2.68 bits per heavy atom. The van der Waals surface area contributed by atoms with Crippen LogP contribution in [0.25, 0.3) is 10.2 Å². The van der Waals surface area contributed by atoms with Crippen LogP contribution < -0.4 is 4.90 Å². The number of benzene rings is 2. The molecular weight excluding hydrogens is 434 g/mol. The molecule has 0 radical (unpaired) electrons. The van der Waals surface area contributed by atoms with Crippen molar-refractivity contribution in [2.75, 3.05) is 4.90 Å². The van der Waals surface area contributed by atoms with Gasteiger partial charge in [-0.2, -0.15) is 0 Å². The highest BCUT2D eigenvalue weighted by Crippen LogP contribution is 2.32. The van der Waals surface area contributed by atoms with Crippen molar-refractivity contribution in [3.63, 3.8) is 0 Å². The van der Waals surface area contributed by atoms with E-state index in [1.165, 1.54) is 16.9 Å². The maximum absolute atomic E-state index is 13.2. The molecule has 4 rings (SSSR count). The zero-order valence-corrected chi connectivity index (χ0v) is 17.7. The summed E-state index contributed by atoms with van der Waals surface area (Å²) in [5, 5.41) is 0.691. The summed E-state index contributed by atoms with van der Waals surface area (Å²) in [6.45, 7) is 2.44. The van der Waals surface area contributed by atoms with E-state index in [9.17, 15) is 4.79 Å². The first-order chi connectivity index (χ1) is 13.6. The van der Waals surface area contributed by atoms with Crippen molar-refractivity contribution < 1.29 is 4.79 Å². The van der Waals surface area contributed by atoms with Crippen molar-refractivity contribution in [2.24, 2.45) is 0 Å². The summed E-state index contributed by atoms with van der Waals surface area (Å²) in [6.07, 6.45) is 2.07. The van der Waals surface area contributed by atoms with Crippen LogP contribution in [0.5, 0.6) is 0 Å². The van der Waals surface area contributed by atoms with Crippen LogP contribution in [0.3, 0.4) is 0 Å². The maximum Gasteiger partial charge on any atom is 0.233 e. The van der Waals surface area contributed by atoms with Gasteiger partial charge >= 0.3 is 0 Å². The molecule has 0 aliphatic rings. The fourth-order valence-electron chi connectivity index (χ4n) is 2.89. The molecule has 0 N–H and O–H groups in total. The highest BCUT2D eigenvalue weighted by Gasteiger charge is 2.21. The van der Waals surface area contributed by atoms with Crippen LogP contribution in [-0.2, 0) is 17.8 Å². The third-order valence-corrected chi connectivity index (χ3v) is 5.93. The van der Waals surface area contributed by atoms with Gasteiger partial charge in [-0.05, 0) is 42.8 Å². The summed E-state index contributed by atoms with van der Waals surface area (Å²) in [7, 11) is 0. The Bertz CT molecular complexity index is 1110. The lowest BCUT2D eigenvalue weighted by Gasteiger charge is -2.19. The highest BCUT2D eigenvalue weighted by atomic mass is 79.9. The fraction of sp³-hybridized carbons (Fsp3) is 0.136. The molecule has 0 aliphatic heterocycles. The SMILES string of the molecule is Cc1ccc(CC(=O)N(Cc2ccccn2)c2nc3ccc(Br)cc3s2)cc1. The Labute approximate surface area is 176 Å². The molecule has 0 bridgehead atoms. The Hall–Kier alpha value is -2.57. The number of nitrogens with zero attached hydrogens (tertiary/aromatic N) is 3. The topological polar surface area (TPSA) is 46.1 Å². The van der Waals surface area contributed by atoms with Crippen molar-refractivity contribution in [1.82, 2.24) is 9.97 Å². The predicted octanol–water partition coefficient (Wildman–Crippen LogP) is 5.54. The average molecular weight is 452 g/mol. The molecule has 0 fully saturated rings. The predicted molar refractivity (Wildman–Crippen MR) is 118 cm³/mol. The number of aryl methyl sites for hydroxylation is 1. The number of pyridine rings is 1. The highest BCUT2D eigenvalue weighted by molar-refractivity contribution is 9.10. The maximum atomic E-state index is 13.2. The lowest BCUT2D eigenvalue weighted by Crippen LogP contribution is -2.32. The lowest BCUT2D eigenvalue weighted by atomic mass is 10.1. The van der Waals surface area contributed by atoms with Gasteiger partial charge in [0.15, 0.2) is 5.13 Å². The zero-order chi connectivity index (χ0) is 19.5. The molecule has 140 valence electrons. The lowest BCUT2D eigenvalue weighted by molar-refractivity contribution is -0.118. The van der Waals surface area contributed by atoms with Gasteiger partial charge in [0.2, 0.25) is 5.91 Å². The van der Waals surface area contributed by atoms with Crippen LogP contribution in [0.2, 0.25) is 0 Å². The summed E-state index contributed by atoms with van der Waals surface area (Å²) in [5.41, 5.74) is 3.89. The van der Waals surface area contributed by atoms with Crippen molar-refractivity contribution in [2.45, 2.75) is 19.9 Å². The molecule has 2 aromatic heterocycles. The Morgan fingerprint density at radius 1 is 1.11 bits per heavy atom. The number of amides is 1. The molecule has 0 unspecified atom stereocenters. The monoisotopic (exact) mass is 451 g/mol. The standard InChI is InChI=1S/C22H18BrN3OS/c1-15-5-7-16(8-6-15)12-21(27)26(14-18-4-2-3-11-24-18)22-25-19-10-9-17(23)13-20(19)28-22/h2-11,13H,12,14H2,1H3. The van der Waals surface area contributed by atoms with Gasteiger partial charge in [0.25, 0.3) is 0 Å². The smallest absolute Gasteiger partial charge is 0.233 e. The van der Waals surface area contributed by atoms with Crippen molar-refractivity contribution >= 4 is 48.5 Å². The Balaban J connectivity index is 1.67. The van der Waals surface area contributed by atoms with Crippen LogP contribution in [-0.4, -0.2) is 15.9 Å². The summed E-state index contributed by atoms with van der Waals surface area (Å²) < 4.78 is 2.04. The number of hydrogen-bond acceptors (Lipinski definition) is 4. The van der Waals surface area contributed by atoms with E-state index in [2.05, 4.69) is 20.9 Å². The normalized spacial score (nSPS) is 10.9. The molecule has 0 saturated heterocycles. The molecule has 0 aliphatic carbocycles. The van der Waals surface area contributed by atoms with Gasteiger partial charge in [-0.3, -0.25) is 14.7 Å². The molecule has 28 heavy (non-hydrogen) atoms. The van der Waals surface area contributed by atoms with E-state index < -0.39 is 0 Å². The van der Waals surface area contributed by atoms with E-state index in [-0.39, 0.29) is 5.91 Å². The van der Waals surface area contributed by atoms with E-state index in [0.717, 1.165) is 25.9 Å². The van der Waals surface area contributed by atoms with E-state index >= 15 is 0 Å². The second-order valence-electron chi connectivity index (χ2n) is 6.57. The second-order valence-corrected chi connectivity index (χ2v) is 8.50. The fourth-order valence-corrected chi connectivity index (χ4v) is 4.43. The molecule has 0 atom stereocenters. The van der Waals surface area contributed by atoms with E-state index in [1.54, 1.807) is 11.1 Å². The molecule has 2 aromatic carbocycles. The molecule has 6 heteroatoms. The number of fused-ring (bicyclic) bond motifs is 1. The van der Waals surface area contributed by atoms with Gasteiger partial charge in [-0.1, -0.05) is 63.2 Å².